The van der Waals surface area contributed by atoms with Crippen molar-refractivity contribution in [1.29, 1.82) is 0 Å². The quantitative estimate of drug-likeness (QED) is 0.431. The molecule has 1 fully saturated rings. The number of nitrogens with zero attached hydrogens (tertiary/aromatic N) is 2. The molecule has 1 N–H and O–H groups in total. The highest BCUT2D eigenvalue weighted by molar-refractivity contribution is 5.79. The molecule has 0 aromatic heterocycles. The maximum atomic E-state index is 5.73. The second kappa shape index (κ2) is 9.40. The molecule has 128 valence electrons. The van der Waals surface area contributed by atoms with E-state index in [4.69, 9.17) is 9.47 Å². The number of likely N-dealkylation sites (N-methyl/N-ethyl adjacent to an activating group) is 1. The van der Waals surface area contributed by atoms with Gasteiger partial charge in [-0.1, -0.05) is 12.1 Å². The predicted octanol–water partition coefficient (Wildman–Crippen LogP) is 2.31. The fourth-order valence-electron chi connectivity index (χ4n) is 2.26. The summed E-state index contributed by atoms with van der Waals surface area (Å²) in [5.41, 5.74) is 1.21. The number of nitrogens with one attached hydrogen (secondary N) is 1. The molecule has 0 spiro atoms. The lowest BCUT2D eigenvalue weighted by molar-refractivity contribution is 0.115. The van der Waals surface area contributed by atoms with Crippen LogP contribution in [0.1, 0.15) is 18.4 Å². The molecule has 0 aliphatic heterocycles. The second-order valence-corrected chi connectivity index (χ2v) is 6.08. The first-order valence-electron chi connectivity index (χ1n) is 8.38. The van der Waals surface area contributed by atoms with Crippen LogP contribution in [0, 0.1) is 12.8 Å². The lowest BCUT2D eigenvalue weighted by Crippen LogP contribution is -2.42. The van der Waals surface area contributed by atoms with E-state index in [-0.39, 0.29) is 0 Å². The molecular weight excluding hydrogens is 290 g/mol. The molecule has 5 nitrogen and oxygen atoms in total. The Morgan fingerprint density at radius 3 is 2.87 bits per heavy atom. The zero-order valence-electron chi connectivity index (χ0n) is 14.5. The summed E-state index contributed by atoms with van der Waals surface area (Å²) in [6.07, 6.45) is 2.67. The first-order chi connectivity index (χ1) is 11.2. The van der Waals surface area contributed by atoms with Crippen LogP contribution in [0.2, 0.25) is 0 Å². The molecule has 1 aromatic carbocycles. The van der Waals surface area contributed by atoms with E-state index in [2.05, 4.69) is 28.2 Å². The largest absolute Gasteiger partial charge is 0.492 e. The van der Waals surface area contributed by atoms with Gasteiger partial charge in [-0.2, -0.15) is 0 Å². The topological polar surface area (TPSA) is 46.1 Å². The summed E-state index contributed by atoms with van der Waals surface area (Å²) in [6.45, 7) is 5.87. The van der Waals surface area contributed by atoms with Gasteiger partial charge < -0.3 is 19.7 Å². The molecule has 0 heterocycles. The third-order valence-corrected chi connectivity index (χ3v) is 3.84. The smallest absolute Gasteiger partial charge is 0.193 e. The van der Waals surface area contributed by atoms with Gasteiger partial charge in [0.2, 0.25) is 0 Å². The van der Waals surface area contributed by atoms with E-state index in [0.717, 1.165) is 37.4 Å². The first-order valence-corrected chi connectivity index (χ1v) is 8.38. The molecule has 1 aromatic rings. The highest BCUT2D eigenvalue weighted by Gasteiger charge is 2.21. The van der Waals surface area contributed by atoms with Crippen molar-refractivity contribution in [2.45, 2.75) is 19.8 Å². The van der Waals surface area contributed by atoms with E-state index in [9.17, 15) is 0 Å². The van der Waals surface area contributed by atoms with Gasteiger partial charge in [0.05, 0.1) is 13.2 Å². The van der Waals surface area contributed by atoms with Gasteiger partial charge in [0.15, 0.2) is 5.96 Å². The van der Waals surface area contributed by atoms with Gasteiger partial charge in [-0.05, 0) is 43.4 Å². The van der Waals surface area contributed by atoms with Crippen LogP contribution in [0.15, 0.2) is 29.3 Å². The Hall–Kier alpha value is -1.75. The van der Waals surface area contributed by atoms with Crippen molar-refractivity contribution in [1.82, 2.24) is 10.2 Å². The molecule has 5 heteroatoms. The van der Waals surface area contributed by atoms with Crippen LogP contribution in [0.3, 0.4) is 0 Å². The minimum atomic E-state index is 0.606. The molecule has 1 aliphatic rings. The first kappa shape index (κ1) is 17.6. The van der Waals surface area contributed by atoms with Gasteiger partial charge in [-0.25, -0.2) is 0 Å². The van der Waals surface area contributed by atoms with Crippen LogP contribution in [0.5, 0.6) is 5.75 Å². The van der Waals surface area contributed by atoms with E-state index in [0.29, 0.717) is 13.2 Å². The van der Waals surface area contributed by atoms with Crippen LogP contribution in [0.25, 0.3) is 0 Å². The monoisotopic (exact) mass is 319 g/mol. The molecule has 1 aliphatic carbocycles. The Kier molecular flexibility index (Phi) is 7.20. The van der Waals surface area contributed by atoms with Gasteiger partial charge in [0.1, 0.15) is 12.4 Å². The number of guanidine groups is 1. The fraction of sp³-hybridized carbons (Fsp3) is 0.611. The van der Waals surface area contributed by atoms with Gasteiger partial charge in [-0.15, -0.1) is 0 Å². The van der Waals surface area contributed by atoms with E-state index >= 15 is 0 Å². The molecule has 1 saturated carbocycles. The van der Waals surface area contributed by atoms with E-state index < -0.39 is 0 Å². The van der Waals surface area contributed by atoms with Crippen molar-refractivity contribution in [3.63, 3.8) is 0 Å². The number of hydrogen-bond acceptors (Lipinski definition) is 3. The summed E-state index contributed by atoms with van der Waals surface area (Å²) >= 11 is 0. The number of aryl methyl sites for hydroxylation is 1. The molecule has 0 radical (unpaired) electrons. The average molecular weight is 319 g/mol. The van der Waals surface area contributed by atoms with Crippen molar-refractivity contribution in [2.75, 3.05) is 47.0 Å². The zero-order valence-corrected chi connectivity index (χ0v) is 14.5. The molecular formula is C18H29N3O2. The Bertz CT molecular complexity index is 501. The normalized spacial score (nSPS) is 14.7. The van der Waals surface area contributed by atoms with Gasteiger partial charge in [0, 0.05) is 27.2 Å². The second-order valence-electron chi connectivity index (χ2n) is 6.08. The predicted molar refractivity (Wildman–Crippen MR) is 94.2 cm³/mol. The SMILES string of the molecule is CN=C(NCCOc1cccc(C)c1)N(C)CCOCC1CC1. The van der Waals surface area contributed by atoms with Gasteiger partial charge in [0.25, 0.3) is 0 Å². The van der Waals surface area contributed by atoms with Crippen LogP contribution in [0.4, 0.5) is 0 Å². The van der Waals surface area contributed by atoms with Crippen molar-refractivity contribution < 1.29 is 9.47 Å². The minimum absolute atomic E-state index is 0.606. The van der Waals surface area contributed by atoms with E-state index in [1.807, 2.05) is 25.2 Å². The zero-order chi connectivity index (χ0) is 16.5. The standard InChI is InChI=1S/C18H29N3O2/c1-15-5-4-6-17(13-15)23-11-9-20-18(19-2)21(3)10-12-22-14-16-7-8-16/h4-6,13,16H,7-12,14H2,1-3H3,(H,19,20). The van der Waals surface area contributed by atoms with Crippen LogP contribution < -0.4 is 10.1 Å². The lowest BCUT2D eigenvalue weighted by Gasteiger charge is -2.22. The van der Waals surface area contributed by atoms with Crippen LogP contribution in [-0.2, 0) is 4.74 Å². The Morgan fingerprint density at radius 1 is 1.35 bits per heavy atom. The summed E-state index contributed by atoms with van der Waals surface area (Å²) in [7, 11) is 3.82. The molecule has 2 rings (SSSR count). The summed E-state index contributed by atoms with van der Waals surface area (Å²) < 4.78 is 11.4. The summed E-state index contributed by atoms with van der Waals surface area (Å²) in [6, 6.07) is 8.09. The minimum Gasteiger partial charge on any atom is -0.492 e. The average Bonchev–Trinajstić information content (AvgIpc) is 3.36. The Labute approximate surface area is 139 Å². The highest BCUT2D eigenvalue weighted by Crippen LogP contribution is 2.28. The van der Waals surface area contributed by atoms with Gasteiger partial charge >= 0.3 is 0 Å². The van der Waals surface area contributed by atoms with Crippen molar-refractivity contribution in [3.05, 3.63) is 29.8 Å². The molecule has 0 amide bonds. The van der Waals surface area contributed by atoms with E-state index in [1.165, 1.54) is 18.4 Å². The number of hydrogen-bond donors (Lipinski definition) is 1. The Balaban J connectivity index is 1.59. The maximum absolute atomic E-state index is 5.73. The molecule has 0 unspecified atom stereocenters. The molecule has 23 heavy (non-hydrogen) atoms. The summed E-state index contributed by atoms with van der Waals surface area (Å²) in [5.74, 6) is 2.59. The van der Waals surface area contributed by atoms with Crippen molar-refractivity contribution in [2.24, 2.45) is 10.9 Å². The molecule has 0 saturated heterocycles. The number of ether oxygens (including phenoxy) is 2. The maximum Gasteiger partial charge on any atom is 0.193 e. The third kappa shape index (κ3) is 6.91. The molecule has 0 atom stereocenters. The number of benzene rings is 1. The van der Waals surface area contributed by atoms with Crippen molar-refractivity contribution in [3.8, 4) is 5.75 Å². The van der Waals surface area contributed by atoms with Gasteiger partial charge in [-0.3, -0.25) is 4.99 Å². The fourth-order valence-corrected chi connectivity index (χ4v) is 2.26. The highest BCUT2D eigenvalue weighted by atomic mass is 16.5. The van der Waals surface area contributed by atoms with E-state index in [1.54, 1.807) is 7.05 Å². The number of aliphatic imine (C=N–C) groups is 1. The van der Waals surface area contributed by atoms with Crippen molar-refractivity contribution >= 4 is 5.96 Å². The summed E-state index contributed by atoms with van der Waals surface area (Å²) in [4.78, 5) is 6.38. The molecule has 0 bridgehead atoms. The van der Waals surface area contributed by atoms with Crippen LogP contribution in [-0.4, -0.2) is 57.9 Å². The number of rotatable bonds is 9. The summed E-state index contributed by atoms with van der Waals surface area (Å²) in [5, 5.41) is 3.31. The lowest BCUT2D eigenvalue weighted by atomic mass is 10.2. The van der Waals surface area contributed by atoms with Crippen LogP contribution >= 0.6 is 0 Å². The Morgan fingerprint density at radius 2 is 2.17 bits per heavy atom. The third-order valence-electron chi connectivity index (χ3n) is 3.84.